The number of cyclic esters (lactones) is 1. The molecule has 0 saturated carbocycles. The standard InChI is InChI=1S/C17H32O3/c1-15-11-10-12-17(2,3)20-14-9-7-5-4-6-8-13-19-16(15)18/h15H,4-14H2,1-3H3. The number of hydrogen-bond acceptors (Lipinski definition) is 3. The first-order valence-electron chi connectivity index (χ1n) is 8.32. The molecule has 1 heterocycles. The lowest BCUT2D eigenvalue weighted by Crippen LogP contribution is -2.25. The average Bonchev–Trinajstić information content (AvgIpc) is 2.39. The van der Waals surface area contributed by atoms with E-state index in [0.717, 1.165) is 45.1 Å². The van der Waals surface area contributed by atoms with E-state index < -0.39 is 0 Å². The van der Waals surface area contributed by atoms with Gasteiger partial charge in [-0.15, -0.1) is 0 Å². The maximum absolute atomic E-state index is 11.8. The zero-order chi connectivity index (χ0) is 14.8. The molecule has 0 aromatic rings. The van der Waals surface area contributed by atoms with Crippen LogP contribution in [0.2, 0.25) is 0 Å². The summed E-state index contributed by atoms with van der Waals surface area (Å²) >= 11 is 0. The summed E-state index contributed by atoms with van der Waals surface area (Å²) < 4.78 is 11.3. The second-order valence-corrected chi connectivity index (χ2v) is 6.69. The Labute approximate surface area is 124 Å². The fraction of sp³-hybridized carbons (Fsp3) is 0.941. The number of ether oxygens (including phenoxy) is 2. The molecule has 1 atom stereocenters. The van der Waals surface area contributed by atoms with Gasteiger partial charge in [-0.1, -0.05) is 32.6 Å². The molecule has 3 nitrogen and oxygen atoms in total. The average molecular weight is 284 g/mol. The lowest BCUT2D eigenvalue weighted by molar-refractivity contribution is -0.148. The lowest BCUT2D eigenvalue weighted by Gasteiger charge is -2.26. The van der Waals surface area contributed by atoms with Gasteiger partial charge in [0.05, 0.1) is 18.1 Å². The minimum atomic E-state index is -0.0688. The molecule has 1 rings (SSSR count). The quantitative estimate of drug-likeness (QED) is 0.615. The third-order valence-electron chi connectivity index (χ3n) is 4.09. The topological polar surface area (TPSA) is 35.5 Å². The zero-order valence-corrected chi connectivity index (χ0v) is 13.6. The van der Waals surface area contributed by atoms with Crippen molar-refractivity contribution in [1.82, 2.24) is 0 Å². The smallest absolute Gasteiger partial charge is 0.308 e. The van der Waals surface area contributed by atoms with Gasteiger partial charge in [0, 0.05) is 6.61 Å². The molecule has 0 spiro atoms. The van der Waals surface area contributed by atoms with E-state index in [2.05, 4.69) is 13.8 Å². The number of carbonyl (C=O) groups is 1. The van der Waals surface area contributed by atoms with Gasteiger partial charge in [0.15, 0.2) is 0 Å². The fourth-order valence-corrected chi connectivity index (χ4v) is 2.60. The van der Waals surface area contributed by atoms with Crippen molar-refractivity contribution < 1.29 is 14.3 Å². The van der Waals surface area contributed by atoms with Crippen LogP contribution in [0.5, 0.6) is 0 Å². The van der Waals surface area contributed by atoms with Crippen LogP contribution in [0, 0.1) is 5.92 Å². The Balaban J connectivity index is 2.40. The lowest BCUT2D eigenvalue weighted by atomic mass is 9.96. The van der Waals surface area contributed by atoms with Gasteiger partial charge in [0.1, 0.15) is 0 Å². The van der Waals surface area contributed by atoms with E-state index in [0.29, 0.717) is 6.61 Å². The Kier molecular flexibility index (Phi) is 8.20. The van der Waals surface area contributed by atoms with Crippen molar-refractivity contribution in [2.45, 2.75) is 84.2 Å². The second-order valence-electron chi connectivity index (χ2n) is 6.69. The summed E-state index contributed by atoms with van der Waals surface area (Å²) in [5.41, 5.74) is -0.0688. The highest BCUT2D eigenvalue weighted by atomic mass is 16.5. The highest BCUT2D eigenvalue weighted by molar-refractivity contribution is 5.71. The molecule has 118 valence electrons. The molecule has 0 N–H and O–H groups in total. The number of hydrogen-bond donors (Lipinski definition) is 0. The molecule has 1 aliphatic rings. The number of carbonyl (C=O) groups excluding carboxylic acids is 1. The first-order valence-corrected chi connectivity index (χ1v) is 8.32. The molecule has 0 amide bonds. The Morgan fingerprint density at radius 1 is 0.950 bits per heavy atom. The van der Waals surface area contributed by atoms with Crippen LogP contribution in [0.25, 0.3) is 0 Å². The second kappa shape index (κ2) is 9.38. The molecule has 1 saturated heterocycles. The van der Waals surface area contributed by atoms with Crippen LogP contribution >= 0.6 is 0 Å². The normalized spacial score (nSPS) is 27.8. The first kappa shape index (κ1) is 17.5. The van der Waals surface area contributed by atoms with Gasteiger partial charge in [0.2, 0.25) is 0 Å². The molecular formula is C17H32O3. The van der Waals surface area contributed by atoms with Crippen molar-refractivity contribution in [3.8, 4) is 0 Å². The summed E-state index contributed by atoms with van der Waals surface area (Å²) in [6, 6.07) is 0. The van der Waals surface area contributed by atoms with E-state index in [1.165, 1.54) is 19.3 Å². The van der Waals surface area contributed by atoms with Crippen molar-refractivity contribution >= 4 is 5.97 Å². The Morgan fingerprint density at radius 2 is 1.55 bits per heavy atom. The predicted octanol–water partition coefficient (Wildman–Crippen LogP) is 4.49. The van der Waals surface area contributed by atoms with Gasteiger partial charge in [-0.2, -0.15) is 0 Å². The van der Waals surface area contributed by atoms with E-state index in [4.69, 9.17) is 9.47 Å². The van der Waals surface area contributed by atoms with Crippen LogP contribution in [0.3, 0.4) is 0 Å². The minimum absolute atomic E-state index is 0.0127. The minimum Gasteiger partial charge on any atom is -0.465 e. The monoisotopic (exact) mass is 284 g/mol. The van der Waals surface area contributed by atoms with Gasteiger partial charge in [0.25, 0.3) is 0 Å². The van der Waals surface area contributed by atoms with Crippen molar-refractivity contribution in [3.63, 3.8) is 0 Å². The molecule has 0 aromatic heterocycles. The molecule has 1 fully saturated rings. The largest absolute Gasteiger partial charge is 0.465 e. The molecule has 0 bridgehead atoms. The SMILES string of the molecule is CC1CCCC(C)(C)OCCCCCCCCOC1=O. The molecule has 20 heavy (non-hydrogen) atoms. The molecule has 1 unspecified atom stereocenters. The van der Waals surface area contributed by atoms with Gasteiger partial charge in [-0.3, -0.25) is 4.79 Å². The van der Waals surface area contributed by atoms with Gasteiger partial charge in [-0.25, -0.2) is 0 Å². The Bertz CT molecular complexity index is 273. The van der Waals surface area contributed by atoms with Crippen molar-refractivity contribution in [1.29, 1.82) is 0 Å². The van der Waals surface area contributed by atoms with E-state index in [9.17, 15) is 4.79 Å². The number of esters is 1. The Morgan fingerprint density at radius 3 is 2.25 bits per heavy atom. The van der Waals surface area contributed by atoms with Crippen LogP contribution in [-0.4, -0.2) is 24.8 Å². The van der Waals surface area contributed by atoms with Gasteiger partial charge < -0.3 is 9.47 Å². The first-order chi connectivity index (χ1) is 9.51. The third-order valence-corrected chi connectivity index (χ3v) is 4.09. The van der Waals surface area contributed by atoms with Gasteiger partial charge in [-0.05, 0) is 46.0 Å². The molecule has 0 aliphatic carbocycles. The summed E-state index contributed by atoms with van der Waals surface area (Å²) in [6.07, 6.45) is 9.97. The van der Waals surface area contributed by atoms with E-state index in [1.54, 1.807) is 0 Å². The molecule has 0 radical (unpaired) electrons. The van der Waals surface area contributed by atoms with E-state index >= 15 is 0 Å². The summed E-state index contributed by atoms with van der Waals surface area (Å²) in [6.45, 7) is 7.74. The van der Waals surface area contributed by atoms with Crippen LogP contribution in [0.1, 0.15) is 78.6 Å². The van der Waals surface area contributed by atoms with E-state index in [1.807, 2.05) is 6.92 Å². The molecule has 3 heteroatoms. The summed E-state index contributed by atoms with van der Waals surface area (Å²) in [4.78, 5) is 11.8. The van der Waals surface area contributed by atoms with Crippen LogP contribution in [0.4, 0.5) is 0 Å². The zero-order valence-electron chi connectivity index (χ0n) is 13.6. The van der Waals surface area contributed by atoms with Crippen LogP contribution in [0.15, 0.2) is 0 Å². The van der Waals surface area contributed by atoms with Crippen LogP contribution in [-0.2, 0) is 14.3 Å². The maximum atomic E-state index is 11.8. The number of rotatable bonds is 0. The molecular weight excluding hydrogens is 252 g/mol. The summed E-state index contributed by atoms with van der Waals surface area (Å²) in [5.74, 6) is -0.0190. The Hall–Kier alpha value is -0.570. The van der Waals surface area contributed by atoms with Crippen molar-refractivity contribution in [2.75, 3.05) is 13.2 Å². The third kappa shape index (κ3) is 7.88. The van der Waals surface area contributed by atoms with Crippen molar-refractivity contribution in [3.05, 3.63) is 0 Å². The van der Waals surface area contributed by atoms with Crippen molar-refractivity contribution in [2.24, 2.45) is 5.92 Å². The maximum Gasteiger partial charge on any atom is 0.308 e. The predicted molar refractivity (Wildman–Crippen MR) is 81.7 cm³/mol. The summed E-state index contributed by atoms with van der Waals surface area (Å²) in [7, 11) is 0. The molecule has 0 aromatic carbocycles. The fourth-order valence-electron chi connectivity index (χ4n) is 2.60. The highest BCUT2D eigenvalue weighted by Crippen LogP contribution is 2.21. The van der Waals surface area contributed by atoms with Gasteiger partial charge >= 0.3 is 5.97 Å². The highest BCUT2D eigenvalue weighted by Gasteiger charge is 2.20. The van der Waals surface area contributed by atoms with E-state index in [-0.39, 0.29) is 17.5 Å². The van der Waals surface area contributed by atoms with Crippen LogP contribution < -0.4 is 0 Å². The summed E-state index contributed by atoms with van der Waals surface area (Å²) in [5, 5.41) is 0. The molecule has 1 aliphatic heterocycles.